The first-order valence-electron chi connectivity index (χ1n) is 7.54. The van der Waals surface area contributed by atoms with E-state index in [4.69, 9.17) is 5.11 Å². The molecule has 0 bridgehead atoms. The van der Waals surface area contributed by atoms with Crippen LogP contribution < -0.4 is 5.32 Å². The van der Waals surface area contributed by atoms with E-state index in [1.807, 2.05) is 0 Å². The van der Waals surface area contributed by atoms with Crippen LogP contribution in [0.25, 0.3) is 0 Å². The van der Waals surface area contributed by atoms with Crippen molar-refractivity contribution in [3.05, 3.63) is 0 Å². The number of nitrogens with zero attached hydrogens (tertiary/aromatic N) is 1. The van der Waals surface area contributed by atoms with Gasteiger partial charge in [0.05, 0.1) is 0 Å². The maximum atomic E-state index is 12.0. The molecule has 0 saturated heterocycles. The van der Waals surface area contributed by atoms with Crippen LogP contribution in [0.2, 0.25) is 0 Å². The Hall–Kier alpha value is -1.26. The third kappa shape index (κ3) is 4.12. The molecule has 0 aliphatic heterocycles. The largest absolute Gasteiger partial charge is 0.480 e. The second-order valence-electron chi connectivity index (χ2n) is 6.40. The molecule has 0 heterocycles. The van der Waals surface area contributed by atoms with Crippen molar-refractivity contribution in [1.82, 2.24) is 10.2 Å². The first-order valence-corrected chi connectivity index (χ1v) is 7.54. The van der Waals surface area contributed by atoms with E-state index in [1.165, 1.54) is 45.1 Å². The summed E-state index contributed by atoms with van der Waals surface area (Å²) in [5.41, 5.74) is -1.19. The smallest absolute Gasteiger partial charge is 0.329 e. The Morgan fingerprint density at radius 3 is 2.15 bits per heavy atom. The summed E-state index contributed by atoms with van der Waals surface area (Å²) in [5.74, 6) is 0.372. The topological polar surface area (TPSA) is 69.6 Å². The molecule has 0 unspecified atom stereocenters. The zero-order valence-electron chi connectivity index (χ0n) is 13.1. The SMILES string of the molecule is CCC1CCC(CNC(=O)N(C)C(C)(C)C(=O)O)CC1. The lowest BCUT2D eigenvalue weighted by atomic mass is 9.81. The summed E-state index contributed by atoms with van der Waals surface area (Å²) >= 11 is 0. The van der Waals surface area contributed by atoms with E-state index < -0.39 is 11.5 Å². The van der Waals surface area contributed by atoms with Crippen molar-refractivity contribution in [1.29, 1.82) is 0 Å². The average molecular weight is 284 g/mol. The number of nitrogens with one attached hydrogen (secondary N) is 1. The van der Waals surface area contributed by atoms with E-state index in [0.29, 0.717) is 12.5 Å². The van der Waals surface area contributed by atoms with Crippen molar-refractivity contribution in [3.8, 4) is 0 Å². The number of carboxylic acids is 1. The van der Waals surface area contributed by atoms with Crippen molar-refractivity contribution in [2.24, 2.45) is 11.8 Å². The highest BCUT2D eigenvalue weighted by Gasteiger charge is 2.35. The second kappa shape index (κ2) is 6.95. The van der Waals surface area contributed by atoms with Crippen molar-refractivity contribution in [2.45, 2.75) is 58.4 Å². The van der Waals surface area contributed by atoms with Crippen LogP contribution in [0, 0.1) is 11.8 Å². The fraction of sp³-hybridized carbons (Fsp3) is 0.867. The van der Waals surface area contributed by atoms with E-state index in [9.17, 15) is 9.59 Å². The highest BCUT2D eigenvalue weighted by atomic mass is 16.4. The van der Waals surface area contributed by atoms with Crippen LogP contribution >= 0.6 is 0 Å². The van der Waals surface area contributed by atoms with Gasteiger partial charge in [0, 0.05) is 13.6 Å². The predicted molar refractivity (Wildman–Crippen MR) is 78.6 cm³/mol. The molecule has 0 atom stereocenters. The maximum Gasteiger partial charge on any atom is 0.329 e. The van der Waals surface area contributed by atoms with Crippen LogP contribution in [0.1, 0.15) is 52.9 Å². The first kappa shape index (κ1) is 16.8. The zero-order valence-corrected chi connectivity index (χ0v) is 13.1. The van der Waals surface area contributed by atoms with Crippen LogP contribution in [0.3, 0.4) is 0 Å². The Labute approximate surface area is 121 Å². The summed E-state index contributed by atoms with van der Waals surface area (Å²) in [7, 11) is 1.53. The number of carbonyl (C=O) groups is 2. The van der Waals surface area contributed by atoms with Crippen LogP contribution in [-0.2, 0) is 4.79 Å². The molecule has 0 aromatic heterocycles. The van der Waals surface area contributed by atoms with Gasteiger partial charge in [0.1, 0.15) is 5.54 Å². The van der Waals surface area contributed by atoms with Gasteiger partial charge in [-0.3, -0.25) is 0 Å². The first-order chi connectivity index (χ1) is 9.28. The molecule has 0 spiro atoms. The summed E-state index contributed by atoms with van der Waals surface area (Å²) in [5, 5.41) is 12.0. The maximum absolute atomic E-state index is 12.0. The molecule has 0 aromatic rings. The van der Waals surface area contributed by atoms with Crippen molar-refractivity contribution < 1.29 is 14.7 Å². The summed E-state index contributed by atoms with van der Waals surface area (Å²) in [6.45, 7) is 5.94. The number of carbonyl (C=O) groups excluding carboxylic acids is 1. The fourth-order valence-electron chi connectivity index (χ4n) is 2.59. The molecule has 2 N–H and O–H groups in total. The molecule has 1 aliphatic rings. The Morgan fingerprint density at radius 2 is 1.70 bits per heavy atom. The third-order valence-corrected chi connectivity index (χ3v) is 4.75. The number of hydrogen-bond acceptors (Lipinski definition) is 2. The number of aliphatic carboxylic acids is 1. The second-order valence-corrected chi connectivity index (χ2v) is 6.40. The number of hydrogen-bond donors (Lipinski definition) is 2. The molecule has 20 heavy (non-hydrogen) atoms. The lowest BCUT2D eigenvalue weighted by Crippen LogP contribution is -2.54. The van der Waals surface area contributed by atoms with Gasteiger partial charge in [-0.1, -0.05) is 26.2 Å². The Balaban J connectivity index is 2.39. The lowest BCUT2D eigenvalue weighted by molar-refractivity contribution is -0.146. The van der Waals surface area contributed by atoms with E-state index in [0.717, 1.165) is 18.8 Å². The van der Waals surface area contributed by atoms with Gasteiger partial charge < -0.3 is 15.3 Å². The molecule has 1 saturated carbocycles. The molecule has 1 aliphatic carbocycles. The average Bonchev–Trinajstić information content (AvgIpc) is 2.44. The molecule has 5 heteroatoms. The van der Waals surface area contributed by atoms with Crippen molar-refractivity contribution in [3.63, 3.8) is 0 Å². The van der Waals surface area contributed by atoms with Gasteiger partial charge >= 0.3 is 12.0 Å². The van der Waals surface area contributed by atoms with Gasteiger partial charge in [0.2, 0.25) is 0 Å². The minimum Gasteiger partial charge on any atom is -0.480 e. The summed E-state index contributed by atoms with van der Waals surface area (Å²) < 4.78 is 0. The molecule has 0 radical (unpaired) electrons. The predicted octanol–water partition coefficient (Wildman–Crippen LogP) is 2.71. The van der Waals surface area contributed by atoms with Crippen LogP contribution in [-0.4, -0.2) is 41.1 Å². The van der Waals surface area contributed by atoms with Gasteiger partial charge in [0.15, 0.2) is 0 Å². The molecule has 0 aromatic carbocycles. The molecular weight excluding hydrogens is 256 g/mol. The molecule has 5 nitrogen and oxygen atoms in total. The van der Waals surface area contributed by atoms with Crippen molar-refractivity contribution >= 4 is 12.0 Å². The minimum atomic E-state index is -1.19. The summed E-state index contributed by atoms with van der Waals surface area (Å²) in [6.07, 6.45) is 6.05. The Morgan fingerprint density at radius 1 is 1.20 bits per heavy atom. The van der Waals surface area contributed by atoms with Crippen LogP contribution in [0.5, 0.6) is 0 Å². The van der Waals surface area contributed by atoms with Crippen LogP contribution in [0.4, 0.5) is 4.79 Å². The normalized spacial score (nSPS) is 23.2. The van der Waals surface area contributed by atoms with E-state index in [-0.39, 0.29) is 6.03 Å². The molecule has 116 valence electrons. The number of urea groups is 1. The minimum absolute atomic E-state index is 0.310. The van der Waals surface area contributed by atoms with E-state index >= 15 is 0 Å². The highest BCUT2D eigenvalue weighted by Crippen LogP contribution is 2.30. The van der Waals surface area contributed by atoms with Gasteiger partial charge in [-0.05, 0) is 38.5 Å². The number of amides is 2. The Bertz CT molecular complexity index is 347. The summed E-state index contributed by atoms with van der Waals surface area (Å²) in [6, 6.07) is -0.310. The molecule has 1 fully saturated rings. The molecular formula is C15H28N2O3. The molecule has 2 amide bonds. The van der Waals surface area contributed by atoms with Gasteiger partial charge in [-0.15, -0.1) is 0 Å². The monoisotopic (exact) mass is 284 g/mol. The van der Waals surface area contributed by atoms with Gasteiger partial charge in [-0.2, -0.15) is 0 Å². The zero-order chi connectivity index (χ0) is 15.3. The van der Waals surface area contributed by atoms with Crippen molar-refractivity contribution in [2.75, 3.05) is 13.6 Å². The number of likely N-dealkylation sites (N-methyl/N-ethyl adjacent to an activating group) is 1. The third-order valence-electron chi connectivity index (χ3n) is 4.75. The quantitative estimate of drug-likeness (QED) is 0.815. The van der Waals surface area contributed by atoms with E-state index in [2.05, 4.69) is 12.2 Å². The highest BCUT2D eigenvalue weighted by molar-refractivity contribution is 5.85. The van der Waals surface area contributed by atoms with Gasteiger partial charge in [0.25, 0.3) is 0 Å². The Kier molecular flexibility index (Phi) is 5.84. The van der Waals surface area contributed by atoms with Gasteiger partial charge in [-0.25, -0.2) is 9.59 Å². The lowest BCUT2D eigenvalue weighted by Gasteiger charge is -2.33. The fourth-order valence-corrected chi connectivity index (χ4v) is 2.59. The van der Waals surface area contributed by atoms with Crippen LogP contribution in [0.15, 0.2) is 0 Å². The number of carboxylic acid groups (broad SMARTS) is 1. The van der Waals surface area contributed by atoms with E-state index in [1.54, 1.807) is 0 Å². The summed E-state index contributed by atoms with van der Waals surface area (Å²) in [4.78, 5) is 24.4. The standard InChI is InChI=1S/C15H28N2O3/c1-5-11-6-8-12(9-7-11)10-16-14(20)17(4)15(2,3)13(18)19/h11-12H,5-10H2,1-4H3,(H,16,20)(H,18,19). The molecule has 1 rings (SSSR count). The number of rotatable bonds is 5.